The lowest BCUT2D eigenvalue weighted by atomic mass is 10.3. The minimum absolute atomic E-state index is 0.463. The van der Waals surface area contributed by atoms with Crippen molar-refractivity contribution in [1.82, 2.24) is 19.9 Å². The van der Waals surface area contributed by atoms with Gasteiger partial charge in [-0.15, -0.1) is 0 Å². The molecule has 0 radical (unpaired) electrons. The van der Waals surface area contributed by atoms with Gasteiger partial charge in [0.2, 0.25) is 4.77 Å². The van der Waals surface area contributed by atoms with E-state index in [-0.39, 0.29) is 0 Å². The molecule has 0 saturated heterocycles. The van der Waals surface area contributed by atoms with Gasteiger partial charge in [0.05, 0.1) is 6.21 Å². The molecule has 2 aromatic rings. The van der Waals surface area contributed by atoms with Gasteiger partial charge < -0.3 is 0 Å². The average molecular weight is 205 g/mol. The fourth-order valence-electron chi connectivity index (χ4n) is 0.906. The number of H-pyrrole nitrogens is 1. The molecule has 0 aliphatic heterocycles. The molecule has 0 aliphatic rings. The highest BCUT2D eigenvalue weighted by Gasteiger charge is 1.88. The van der Waals surface area contributed by atoms with Crippen LogP contribution in [0.15, 0.2) is 36.0 Å². The van der Waals surface area contributed by atoms with Crippen LogP contribution in [0, 0.1) is 4.77 Å². The molecule has 0 bridgehead atoms. The van der Waals surface area contributed by atoms with Crippen LogP contribution in [0.5, 0.6) is 0 Å². The normalized spacial score (nSPS) is 10.9. The quantitative estimate of drug-likeness (QED) is 0.592. The van der Waals surface area contributed by atoms with Crippen molar-refractivity contribution < 1.29 is 0 Å². The Morgan fingerprint density at radius 3 is 3.14 bits per heavy atom. The third kappa shape index (κ3) is 1.91. The van der Waals surface area contributed by atoms with Crippen molar-refractivity contribution in [3.05, 3.63) is 41.2 Å². The Kier molecular flexibility index (Phi) is 2.46. The predicted molar refractivity (Wildman–Crippen MR) is 54.6 cm³/mol. The molecule has 0 saturated carbocycles. The number of nitrogens with zero attached hydrogens (tertiary/aromatic N) is 4. The van der Waals surface area contributed by atoms with Gasteiger partial charge in [-0.2, -0.15) is 14.9 Å². The third-order valence-corrected chi connectivity index (χ3v) is 1.83. The lowest BCUT2D eigenvalue weighted by Gasteiger charge is -1.90. The fraction of sp³-hybridized carbons (Fsp3) is 0. The maximum absolute atomic E-state index is 4.92. The first-order valence-electron chi connectivity index (χ1n) is 3.93. The van der Waals surface area contributed by atoms with Crippen LogP contribution >= 0.6 is 12.2 Å². The van der Waals surface area contributed by atoms with Crippen molar-refractivity contribution in [2.45, 2.75) is 0 Å². The Morgan fingerprint density at radius 1 is 1.57 bits per heavy atom. The lowest BCUT2D eigenvalue weighted by Crippen LogP contribution is -1.89. The fourth-order valence-corrected chi connectivity index (χ4v) is 1.05. The first-order chi connectivity index (χ1) is 6.86. The molecular weight excluding hydrogens is 198 g/mol. The van der Waals surface area contributed by atoms with Crippen LogP contribution < -0.4 is 0 Å². The van der Waals surface area contributed by atoms with Gasteiger partial charge in [-0.25, -0.2) is 0 Å². The summed E-state index contributed by atoms with van der Waals surface area (Å²) < 4.78 is 1.94. The Hall–Kier alpha value is -1.82. The molecule has 6 heteroatoms. The minimum Gasteiger partial charge on any atom is -0.264 e. The second kappa shape index (κ2) is 3.93. The SMILES string of the molecule is S=c1[nH]ncn1/N=C\c1cccnc1. The Morgan fingerprint density at radius 2 is 2.50 bits per heavy atom. The van der Waals surface area contributed by atoms with Gasteiger partial charge in [0.25, 0.3) is 0 Å². The number of hydrogen-bond donors (Lipinski definition) is 1. The lowest BCUT2D eigenvalue weighted by molar-refractivity contribution is 0.862. The Labute approximate surface area is 85.1 Å². The van der Waals surface area contributed by atoms with Crippen LogP contribution in [0.1, 0.15) is 5.56 Å². The monoisotopic (exact) mass is 205 g/mol. The van der Waals surface area contributed by atoms with Gasteiger partial charge in [-0.3, -0.25) is 10.1 Å². The standard InChI is InChI=1S/C8H7N5S/c14-8-12-10-6-13(8)11-5-7-2-1-3-9-4-7/h1-6H,(H,12,14)/b11-5-. The van der Waals surface area contributed by atoms with E-state index in [9.17, 15) is 0 Å². The van der Waals surface area contributed by atoms with Crippen molar-refractivity contribution in [1.29, 1.82) is 0 Å². The van der Waals surface area contributed by atoms with Gasteiger partial charge in [0.1, 0.15) is 6.33 Å². The smallest absolute Gasteiger partial charge is 0.216 e. The molecule has 0 spiro atoms. The predicted octanol–water partition coefficient (Wildman–Crippen LogP) is 1.22. The van der Waals surface area contributed by atoms with Gasteiger partial charge in [0.15, 0.2) is 0 Å². The Balaban J connectivity index is 2.24. The average Bonchev–Trinajstić information content (AvgIpc) is 2.63. The van der Waals surface area contributed by atoms with E-state index in [1.54, 1.807) is 18.6 Å². The van der Waals surface area contributed by atoms with Crippen LogP contribution in [-0.4, -0.2) is 26.1 Å². The minimum atomic E-state index is 0.463. The van der Waals surface area contributed by atoms with E-state index < -0.39 is 0 Å². The molecule has 0 unspecified atom stereocenters. The zero-order valence-electron chi connectivity index (χ0n) is 7.16. The van der Waals surface area contributed by atoms with E-state index in [0.717, 1.165) is 5.56 Å². The highest BCUT2D eigenvalue weighted by atomic mass is 32.1. The molecule has 0 amide bonds. The maximum Gasteiger partial charge on any atom is 0.216 e. The molecule has 70 valence electrons. The first-order valence-corrected chi connectivity index (χ1v) is 4.33. The number of hydrogen-bond acceptors (Lipinski definition) is 4. The summed E-state index contributed by atoms with van der Waals surface area (Å²) in [7, 11) is 0. The number of nitrogens with one attached hydrogen (secondary N) is 1. The summed E-state index contributed by atoms with van der Waals surface area (Å²) in [5.74, 6) is 0. The summed E-state index contributed by atoms with van der Waals surface area (Å²) >= 11 is 4.92. The van der Waals surface area contributed by atoms with E-state index >= 15 is 0 Å². The summed E-state index contributed by atoms with van der Waals surface area (Å²) in [5, 5.41) is 10.4. The number of aromatic nitrogens is 4. The second-order valence-corrected chi connectivity index (χ2v) is 2.92. The van der Waals surface area contributed by atoms with Gasteiger partial charge in [-0.05, 0) is 18.3 Å². The van der Waals surface area contributed by atoms with E-state index in [1.807, 2.05) is 12.1 Å². The van der Waals surface area contributed by atoms with E-state index in [4.69, 9.17) is 12.2 Å². The molecule has 2 heterocycles. The molecule has 0 atom stereocenters. The van der Waals surface area contributed by atoms with Gasteiger partial charge in [0, 0.05) is 18.0 Å². The summed E-state index contributed by atoms with van der Waals surface area (Å²) in [6, 6.07) is 3.75. The van der Waals surface area contributed by atoms with E-state index in [0.29, 0.717) is 4.77 Å². The molecule has 1 N–H and O–H groups in total. The van der Waals surface area contributed by atoms with Crippen LogP contribution in [-0.2, 0) is 0 Å². The first kappa shape index (κ1) is 8.76. The maximum atomic E-state index is 4.92. The van der Waals surface area contributed by atoms with Crippen molar-refractivity contribution >= 4 is 18.4 Å². The molecular formula is C8H7N5S. The zero-order valence-corrected chi connectivity index (χ0v) is 7.98. The number of rotatable bonds is 2. The van der Waals surface area contributed by atoms with E-state index in [1.165, 1.54) is 11.0 Å². The van der Waals surface area contributed by atoms with Crippen LogP contribution in [0.2, 0.25) is 0 Å². The second-order valence-electron chi connectivity index (χ2n) is 2.54. The molecule has 14 heavy (non-hydrogen) atoms. The number of aromatic amines is 1. The molecule has 0 fully saturated rings. The van der Waals surface area contributed by atoms with Crippen molar-refractivity contribution in [2.24, 2.45) is 5.10 Å². The van der Waals surface area contributed by atoms with Crippen LogP contribution in [0.3, 0.4) is 0 Å². The highest BCUT2D eigenvalue weighted by molar-refractivity contribution is 7.71. The summed E-state index contributed by atoms with van der Waals surface area (Å²) in [6.45, 7) is 0. The van der Waals surface area contributed by atoms with Gasteiger partial charge >= 0.3 is 0 Å². The molecule has 0 aliphatic carbocycles. The van der Waals surface area contributed by atoms with Crippen molar-refractivity contribution in [3.8, 4) is 0 Å². The molecule has 0 aromatic carbocycles. The van der Waals surface area contributed by atoms with Crippen molar-refractivity contribution in [2.75, 3.05) is 0 Å². The number of pyridine rings is 1. The topological polar surface area (TPSA) is 58.9 Å². The largest absolute Gasteiger partial charge is 0.264 e. The van der Waals surface area contributed by atoms with Gasteiger partial charge in [-0.1, -0.05) is 6.07 Å². The Bertz CT molecular complexity index is 484. The van der Waals surface area contributed by atoms with Crippen LogP contribution in [0.4, 0.5) is 0 Å². The van der Waals surface area contributed by atoms with E-state index in [2.05, 4.69) is 20.3 Å². The van der Waals surface area contributed by atoms with Crippen molar-refractivity contribution in [3.63, 3.8) is 0 Å². The molecule has 2 aromatic heterocycles. The summed E-state index contributed by atoms with van der Waals surface area (Å²) in [4.78, 5) is 3.96. The third-order valence-electron chi connectivity index (χ3n) is 1.55. The molecule has 2 rings (SSSR count). The highest BCUT2D eigenvalue weighted by Crippen LogP contribution is 1.92. The summed E-state index contributed by atoms with van der Waals surface area (Å²) in [6.07, 6.45) is 6.60. The summed E-state index contributed by atoms with van der Waals surface area (Å²) in [5.41, 5.74) is 0.913. The van der Waals surface area contributed by atoms with Crippen LogP contribution in [0.25, 0.3) is 0 Å². The zero-order chi connectivity index (χ0) is 9.80. The molecule has 5 nitrogen and oxygen atoms in total.